The summed E-state index contributed by atoms with van der Waals surface area (Å²) in [7, 11) is 0. The fraction of sp³-hybridized carbons (Fsp3) is 0.0833. The average Bonchev–Trinajstić information content (AvgIpc) is 2.74. The van der Waals surface area contributed by atoms with Crippen molar-refractivity contribution >= 4 is 28.3 Å². The third-order valence-electron chi connectivity index (χ3n) is 4.88. The smallest absolute Gasteiger partial charge is 0.265 e. The molecule has 0 bridgehead atoms. The van der Waals surface area contributed by atoms with Gasteiger partial charge in [-0.3, -0.25) is 19.0 Å². The van der Waals surface area contributed by atoms with Crippen molar-refractivity contribution in [1.29, 1.82) is 0 Å². The number of fused-ring (bicyclic) bond motifs is 1. The number of nitrogens with one attached hydrogen (secondary N) is 1. The van der Waals surface area contributed by atoms with E-state index in [1.807, 2.05) is 18.2 Å². The van der Waals surface area contributed by atoms with Crippen LogP contribution in [0, 0.1) is 6.92 Å². The Balaban J connectivity index is 1.60. The van der Waals surface area contributed by atoms with E-state index in [2.05, 4.69) is 10.3 Å². The summed E-state index contributed by atoms with van der Waals surface area (Å²) >= 11 is 0. The molecule has 148 valence electrons. The highest BCUT2D eigenvalue weighted by atomic mass is 16.2. The number of hydrogen-bond donors (Lipinski definition) is 1. The Morgan fingerprint density at radius 2 is 1.50 bits per heavy atom. The van der Waals surface area contributed by atoms with Crippen LogP contribution in [0.3, 0.4) is 0 Å². The van der Waals surface area contributed by atoms with E-state index in [0.29, 0.717) is 39.2 Å². The average molecular weight is 397 g/mol. The first-order valence-electron chi connectivity index (χ1n) is 9.45. The van der Waals surface area contributed by atoms with E-state index in [4.69, 9.17) is 0 Å². The van der Waals surface area contributed by atoms with Crippen LogP contribution in [-0.2, 0) is 0 Å². The van der Waals surface area contributed by atoms with Crippen molar-refractivity contribution in [3.8, 4) is 5.69 Å². The molecule has 0 unspecified atom stereocenters. The second kappa shape index (κ2) is 7.75. The first-order valence-corrected chi connectivity index (χ1v) is 9.45. The highest BCUT2D eigenvalue weighted by Gasteiger charge is 2.11. The van der Waals surface area contributed by atoms with E-state index in [-0.39, 0.29) is 17.2 Å². The number of aryl methyl sites for hydroxylation is 1. The summed E-state index contributed by atoms with van der Waals surface area (Å²) < 4.78 is 1.53. The number of para-hydroxylation sites is 1. The minimum atomic E-state index is -0.280. The number of rotatable bonds is 4. The summed E-state index contributed by atoms with van der Waals surface area (Å²) in [6, 6.07) is 20.7. The summed E-state index contributed by atoms with van der Waals surface area (Å²) in [5.41, 5.74) is 2.78. The Labute approximate surface area is 172 Å². The quantitative estimate of drug-likeness (QED) is 0.525. The number of amides is 1. The summed E-state index contributed by atoms with van der Waals surface area (Å²) in [5.74, 6) is 0.261. The molecule has 0 spiro atoms. The van der Waals surface area contributed by atoms with Crippen molar-refractivity contribution in [3.63, 3.8) is 0 Å². The molecular formula is C24H19N3O3. The van der Waals surface area contributed by atoms with E-state index in [1.165, 1.54) is 11.5 Å². The summed E-state index contributed by atoms with van der Waals surface area (Å²) in [6.45, 7) is 3.27. The number of carbonyl (C=O) groups excluding carboxylic acids is 2. The molecule has 30 heavy (non-hydrogen) atoms. The molecule has 0 radical (unpaired) electrons. The lowest BCUT2D eigenvalue weighted by atomic mass is 10.1. The second-order valence-electron chi connectivity index (χ2n) is 6.95. The van der Waals surface area contributed by atoms with Crippen LogP contribution >= 0.6 is 0 Å². The molecule has 0 aliphatic carbocycles. The highest BCUT2D eigenvalue weighted by molar-refractivity contribution is 6.04. The lowest BCUT2D eigenvalue weighted by Gasteiger charge is -2.11. The van der Waals surface area contributed by atoms with Crippen molar-refractivity contribution in [2.75, 3.05) is 5.32 Å². The van der Waals surface area contributed by atoms with E-state index >= 15 is 0 Å². The molecule has 4 aromatic rings. The number of ketones is 1. The van der Waals surface area contributed by atoms with E-state index in [1.54, 1.807) is 61.5 Å². The maximum absolute atomic E-state index is 12.9. The van der Waals surface area contributed by atoms with Gasteiger partial charge in [-0.05, 0) is 74.5 Å². The van der Waals surface area contributed by atoms with Gasteiger partial charge in [0, 0.05) is 16.8 Å². The first kappa shape index (κ1) is 19.3. The van der Waals surface area contributed by atoms with Gasteiger partial charge in [0.25, 0.3) is 11.5 Å². The van der Waals surface area contributed by atoms with Gasteiger partial charge < -0.3 is 5.32 Å². The van der Waals surface area contributed by atoms with Crippen LogP contribution < -0.4 is 10.9 Å². The normalized spacial score (nSPS) is 10.7. The number of anilines is 1. The molecule has 1 N–H and O–H groups in total. The Hall–Kier alpha value is -4.06. The number of aromatic nitrogens is 2. The molecule has 1 heterocycles. The zero-order valence-electron chi connectivity index (χ0n) is 16.5. The van der Waals surface area contributed by atoms with E-state index < -0.39 is 0 Å². The van der Waals surface area contributed by atoms with Gasteiger partial charge in [0.05, 0.1) is 16.6 Å². The maximum Gasteiger partial charge on any atom is 0.265 e. The van der Waals surface area contributed by atoms with Crippen LogP contribution in [0.2, 0.25) is 0 Å². The first-order chi connectivity index (χ1) is 14.4. The molecule has 0 fully saturated rings. The fourth-order valence-corrected chi connectivity index (χ4v) is 3.30. The number of carbonyl (C=O) groups is 2. The third kappa shape index (κ3) is 3.63. The molecule has 1 aromatic heterocycles. The lowest BCUT2D eigenvalue weighted by molar-refractivity contribution is 0.101. The minimum Gasteiger partial charge on any atom is -0.322 e. The Kier molecular flexibility index (Phi) is 4.98. The molecule has 0 saturated heterocycles. The molecule has 3 aromatic carbocycles. The third-order valence-corrected chi connectivity index (χ3v) is 4.88. The summed E-state index contributed by atoms with van der Waals surface area (Å²) in [4.78, 5) is 41.3. The fourth-order valence-electron chi connectivity index (χ4n) is 3.30. The Morgan fingerprint density at radius 1 is 0.867 bits per heavy atom. The molecule has 0 aliphatic heterocycles. The van der Waals surface area contributed by atoms with Crippen LogP contribution in [0.4, 0.5) is 5.69 Å². The predicted octanol–water partition coefficient (Wildman–Crippen LogP) is 4.15. The summed E-state index contributed by atoms with van der Waals surface area (Å²) in [6.07, 6.45) is 0. The maximum atomic E-state index is 12.9. The number of Topliss-reactive ketones (excluding diaryl/α,β-unsaturated/α-hetero) is 1. The second-order valence-corrected chi connectivity index (χ2v) is 6.95. The molecule has 0 saturated carbocycles. The molecule has 1 amide bonds. The van der Waals surface area contributed by atoms with Crippen molar-refractivity contribution in [2.24, 2.45) is 0 Å². The van der Waals surface area contributed by atoms with Gasteiger partial charge in [-0.15, -0.1) is 0 Å². The van der Waals surface area contributed by atoms with Crippen LogP contribution in [0.25, 0.3) is 16.6 Å². The van der Waals surface area contributed by atoms with E-state index in [0.717, 1.165) is 0 Å². The van der Waals surface area contributed by atoms with Crippen LogP contribution in [0.5, 0.6) is 0 Å². The number of hydrogen-bond acceptors (Lipinski definition) is 4. The largest absolute Gasteiger partial charge is 0.322 e. The number of benzene rings is 3. The monoisotopic (exact) mass is 397 g/mol. The van der Waals surface area contributed by atoms with Crippen molar-refractivity contribution < 1.29 is 9.59 Å². The van der Waals surface area contributed by atoms with Crippen LogP contribution in [0.15, 0.2) is 77.6 Å². The molecule has 0 atom stereocenters. The Morgan fingerprint density at radius 3 is 2.17 bits per heavy atom. The zero-order chi connectivity index (χ0) is 21.3. The van der Waals surface area contributed by atoms with Gasteiger partial charge in [0.2, 0.25) is 0 Å². The van der Waals surface area contributed by atoms with E-state index in [9.17, 15) is 14.4 Å². The lowest BCUT2D eigenvalue weighted by Crippen LogP contribution is -2.22. The van der Waals surface area contributed by atoms with Gasteiger partial charge in [-0.25, -0.2) is 4.98 Å². The number of nitrogens with zero attached hydrogens (tertiary/aromatic N) is 2. The Bertz CT molecular complexity index is 1320. The standard InChI is InChI=1S/C24H19N3O3/c1-15(28)17-7-11-19(12-8-17)26-23(29)18-9-13-20(14-10-18)27-16(2)25-22-6-4-3-5-21(22)24(27)30/h3-14H,1-2H3,(H,26,29). The van der Waals surface area contributed by atoms with Crippen molar-refractivity contribution in [3.05, 3.63) is 100 Å². The summed E-state index contributed by atoms with van der Waals surface area (Å²) in [5, 5.41) is 3.34. The van der Waals surface area contributed by atoms with Gasteiger partial charge in [-0.1, -0.05) is 12.1 Å². The molecular weight excluding hydrogens is 378 g/mol. The molecule has 4 rings (SSSR count). The van der Waals surface area contributed by atoms with Crippen molar-refractivity contribution in [2.45, 2.75) is 13.8 Å². The topological polar surface area (TPSA) is 81.1 Å². The van der Waals surface area contributed by atoms with Gasteiger partial charge in [-0.2, -0.15) is 0 Å². The predicted molar refractivity (Wildman–Crippen MR) is 116 cm³/mol. The molecule has 6 nitrogen and oxygen atoms in total. The highest BCUT2D eigenvalue weighted by Crippen LogP contribution is 2.15. The van der Waals surface area contributed by atoms with Gasteiger partial charge >= 0.3 is 0 Å². The zero-order valence-corrected chi connectivity index (χ0v) is 16.5. The SMILES string of the molecule is CC(=O)c1ccc(NC(=O)c2ccc(-n3c(C)nc4ccccc4c3=O)cc2)cc1. The van der Waals surface area contributed by atoms with Crippen LogP contribution in [-0.4, -0.2) is 21.2 Å². The molecule has 0 aliphatic rings. The van der Waals surface area contributed by atoms with Gasteiger partial charge in [0.15, 0.2) is 5.78 Å². The minimum absolute atomic E-state index is 0.0304. The molecule has 6 heteroatoms. The van der Waals surface area contributed by atoms with Gasteiger partial charge in [0.1, 0.15) is 5.82 Å². The van der Waals surface area contributed by atoms with Crippen LogP contribution in [0.1, 0.15) is 33.5 Å². The van der Waals surface area contributed by atoms with Crippen molar-refractivity contribution in [1.82, 2.24) is 9.55 Å².